The van der Waals surface area contributed by atoms with Crippen LogP contribution in [-0.4, -0.2) is 37.1 Å². The summed E-state index contributed by atoms with van der Waals surface area (Å²) < 4.78 is 20.3. The first-order valence-corrected chi connectivity index (χ1v) is 6.72. The van der Waals surface area contributed by atoms with E-state index in [0.717, 1.165) is 0 Å². The molecule has 0 aliphatic carbocycles. The fraction of sp³-hybridized carbons (Fsp3) is 0.267. The van der Waals surface area contributed by atoms with Crippen LogP contribution in [0.3, 0.4) is 0 Å². The van der Waals surface area contributed by atoms with E-state index in [4.69, 9.17) is 13.9 Å². The first-order valence-electron chi connectivity index (χ1n) is 6.72. The number of anilines is 1. The van der Waals surface area contributed by atoms with Gasteiger partial charge in [-0.05, 0) is 19.1 Å². The van der Waals surface area contributed by atoms with E-state index >= 15 is 0 Å². The average Bonchev–Trinajstić information content (AvgIpc) is 2.82. The number of hydrogen-bond acceptors (Lipinski definition) is 7. The number of aromatic hydroxyl groups is 2. The van der Waals surface area contributed by atoms with E-state index in [-0.39, 0.29) is 18.3 Å². The summed E-state index contributed by atoms with van der Waals surface area (Å²) >= 11 is 0. The molecule has 0 atom stereocenters. The third kappa shape index (κ3) is 3.25. The highest BCUT2D eigenvalue weighted by molar-refractivity contribution is 5.88. The lowest BCUT2D eigenvalue weighted by molar-refractivity contribution is 0.167. The standard InChI is InChI=1S/C15H17NO7/c1-4-22-15(19)16-14-12(18)11(17)13(23-14)9-6-5-8(20-2)7-10(9)21-3/h5-7,17-18H,4H2,1-3H3,(H,16,19). The van der Waals surface area contributed by atoms with Gasteiger partial charge in [-0.1, -0.05) is 0 Å². The number of carbonyl (C=O) groups is 1. The second-order valence-corrected chi connectivity index (χ2v) is 4.37. The quantitative estimate of drug-likeness (QED) is 0.775. The lowest BCUT2D eigenvalue weighted by Gasteiger charge is -2.08. The number of nitrogens with one attached hydrogen (secondary N) is 1. The van der Waals surface area contributed by atoms with Crippen molar-refractivity contribution in [2.24, 2.45) is 0 Å². The van der Waals surface area contributed by atoms with Crippen LogP contribution in [0.4, 0.5) is 10.7 Å². The minimum atomic E-state index is -0.815. The highest BCUT2D eigenvalue weighted by Gasteiger charge is 2.24. The Morgan fingerprint density at radius 1 is 1.22 bits per heavy atom. The molecule has 1 amide bonds. The van der Waals surface area contributed by atoms with Crippen LogP contribution >= 0.6 is 0 Å². The molecule has 0 aliphatic heterocycles. The molecule has 1 heterocycles. The average molecular weight is 323 g/mol. The molecule has 2 rings (SSSR count). The molecule has 0 radical (unpaired) electrons. The molecule has 0 spiro atoms. The van der Waals surface area contributed by atoms with Crippen LogP contribution < -0.4 is 14.8 Å². The van der Waals surface area contributed by atoms with Crippen LogP contribution in [0.25, 0.3) is 11.3 Å². The van der Waals surface area contributed by atoms with E-state index in [2.05, 4.69) is 10.1 Å². The highest BCUT2D eigenvalue weighted by Crippen LogP contribution is 2.48. The topological polar surface area (TPSA) is 110 Å². The maximum atomic E-state index is 11.4. The minimum Gasteiger partial charge on any atom is -0.502 e. The SMILES string of the molecule is CCOC(=O)Nc1oc(-c2ccc(OC)cc2OC)c(O)c1O. The molecule has 1 aromatic carbocycles. The summed E-state index contributed by atoms with van der Waals surface area (Å²) in [4.78, 5) is 11.4. The van der Waals surface area contributed by atoms with Gasteiger partial charge in [0.1, 0.15) is 11.5 Å². The van der Waals surface area contributed by atoms with Crippen molar-refractivity contribution in [3.63, 3.8) is 0 Å². The molecule has 0 aliphatic rings. The van der Waals surface area contributed by atoms with Gasteiger partial charge < -0.3 is 28.8 Å². The Kier molecular flexibility index (Phi) is 4.85. The summed E-state index contributed by atoms with van der Waals surface area (Å²) in [5, 5.41) is 22.1. The molecule has 0 fully saturated rings. The Morgan fingerprint density at radius 2 is 1.96 bits per heavy atom. The monoisotopic (exact) mass is 323 g/mol. The van der Waals surface area contributed by atoms with Gasteiger partial charge in [-0.15, -0.1) is 0 Å². The third-order valence-electron chi connectivity index (χ3n) is 3.00. The van der Waals surface area contributed by atoms with E-state index in [1.165, 1.54) is 14.2 Å². The summed E-state index contributed by atoms with van der Waals surface area (Å²) in [7, 11) is 2.95. The second kappa shape index (κ2) is 6.82. The maximum absolute atomic E-state index is 11.4. The number of hydrogen-bond donors (Lipinski definition) is 3. The molecule has 3 N–H and O–H groups in total. The zero-order valence-corrected chi connectivity index (χ0v) is 12.9. The summed E-state index contributed by atoms with van der Waals surface area (Å²) in [6.45, 7) is 1.78. The minimum absolute atomic E-state index is 0.0613. The van der Waals surface area contributed by atoms with Crippen LogP contribution in [0.1, 0.15) is 6.92 Å². The van der Waals surface area contributed by atoms with Crippen molar-refractivity contribution in [3.8, 4) is 34.3 Å². The summed E-state index contributed by atoms with van der Waals surface area (Å²) in [5.74, 6) is -0.615. The van der Waals surface area contributed by atoms with Gasteiger partial charge in [-0.3, -0.25) is 5.32 Å². The van der Waals surface area contributed by atoms with E-state index in [9.17, 15) is 15.0 Å². The summed E-state index contributed by atoms with van der Waals surface area (Å²) in [6, 6.07) is 4.81. The van der Waals surface area contributed by atoms with Crippen molar-refractivity contribution >= 4 is 12.0 Å². The van der Waals surface area contributed by atoms with Crippen LogP contribution in [0, 0.1) is 0 Å². The number of ether oxygens (including phenoxy) is 3. The van der Waals surface area contributed by atoms with E-state index in [1.807, 2.05) is 0 Å². The van der Waals surface area contributed by atoms with Crippen LogP contribution in [-0.2, 0) is 4.74 Å². The smallest absolute Gasteiger partial charge is 0.414 e. The molecule has 1 aromatic heterocycles. The van der Waals surface area contributed by atoms with Crippen LogP contribution in [0.15, 0.2) is 22.6 Å². The summed E-state index contributed by atoms with van der Waals surface area (Å²) in [6.07, 6.45) is -0.815. The number of rotatable bonds is 5. The Balaban J connectivity index is 2.43. The number of carbonyl (C=O) groups excluding carboxylic acids is 1. The maximum Gasteiger partial charge on any atom is 0.414 e. The predicted octanol–water partition coefficient (Wildman–Crippen LogP) is 2.94. The van der Waals surface area contributed by atoms with Crippen molar-refractivity contribution in [1.82, 2.24) is 0 Å². The number of benzene rings is 1. The molecule has 124 valence electrons. The largest absolute Gasteiger partial charge is 0.502 e. The number of methoxy groups -OCH3 is 2. The van der Waals surface area contributed by atoms with Gasteiger partial charge in [0, 0.05) is 6.07 Å². The lowest BCUT2D eigenvalue weighted by Crippen LogP contribution is -2.12. The van der Waals surface area contributed by atoms with Gasteiger partial charge in [0.15, 0.2) is 5.76 Å². The molecule has 23 heavy (non-hydrogen) atoms. The fourth-order valence-electron chi connectivity index (χ4n) is 1.93. The van der Waals surface area contributed by atoms with Crippen molar-refractivity contribution in [2.45, 2.75) is 6.92 Å². The molecule has 0 bridgehead atoms. The Morgan fingerprint density at radius 3 is 2.57 bits per heavy atom. The molecule has 0 unspecified atom stereocenters. The van der Waals surface area contributed by atoms with Gasteiger partial charge in [0.2, 0.25) is 17.4 Å². The fourth-order valence-corrected chi connectivity index (χ4v) is 1.93. The van der Waals surface area contributed by atoms with Crippen molar-refractivity contribution in [1.29, 1.82) is 0 Å². The highest BCUT2D eigenvalue weighted by atomic mass is 16.6. The molecular formula is C15H17NO7. The van der Waals surface area contributed by atoms with Crippen LogP contribution in [0.5, 0.6) is 23.0 Å². The Labute approximate surface area is 132 Å². The molecule has 0 saturated carbocycles. The Bertz CT molecular complexity index is 708. The third-order valence-corrected chi connectivity index (χ3v) is 3.00. The normalized spacial score (nSPS) is 10.2. The molecule has 2 aromatic rings. The van der Waals surface area contributed by atoms with Gasteiger partial charge in [-0.25, -0.2) is 4.79 Å². The van der Waals surface area contributed by atoms with Crippen molar-refractivity contribution in [3.05, 3.63) is 18.2 Å². The first-order chi connectivity index (χ1) is 11.0. The van der Waals surface area contributed by atoms with Crippen molar-refractivity contribution in [2.75, 3.05) is 26.1 Å². The molecule has 8 heteroatoms. The molecule has 8 nitrogen and oxygen atoms in total. The first kappa shape index (κ1) is 16.3. The zero-order chi connectivity index (χ0) is 17.0. The van der Waals surface area contributed by atoms with Crippen LogP contribution in [0.2, 0.25) is 0 Å². The molecule has 0 saturated heterocycles. The van der Waals surface area contributed by atoms with E-state index in [0.29, 0.717) is 17.1 Å². The van der Waals surface area contributed by atoms with Crippen molar-refractivity contribution < 1.29 is 33.6 Å². The van der Waals surface area contributed by atoms with Gasteiger partial charge in [0.05, 0.1) is 26.4 Å². The van der Waals surface area contributed by atoms with Gasteiger partial charge in [-0.2, -0.15) is 0 Å². The zero-order valence-electron chi connectivity index (χ0n) is 12.9. The lowest BCUT2D eigenvalue weighted by atomic mass is 10.1. The number of amides is 1. The second-order valence-electron chi connectivity index (χ2n) is 4.37. The van der Waals surface area contributed by atoms with E-state index in [1.54, 1.807) is 25.1 Å². The predicted molar refractivity (Wildman–Crippen MR) is 81.2 cm³/mol. The molecular weight excluding hydrogens is 306 g/mol. The number of furan rings is 1. The Hall–Kier alpha value is -3.03. The van der Waals surface area contributed by atoms with Gasteiger partial charge in [0.25, 0.3) is 0 Å². The summed E-state index contributed by atoms with van der Waals surface area (Å²) in [5.41, 5.74) is 0.373. The van der Waals surface area contributed by atoms with E-state index < -0.39 is 17.6 Å². The van der Waals surface area contributed by atoms with Gasteiger partial charge >= 0.3 is 6.09 Å².